The fraction of sp³-hybridized carbons (Fsp3) is 0.250. The largest absolute Gasteiger partial charge is 0.346 e. The van der Waals surface area contributed by atoms with Crippen LogP contribution < -0.4 is 0 Å². The van der Waals surface area contributed by atoms with E-state index in [-0.39, 0.29) is 0 Å². The van der Waals surface area contributed by atoms with Crippen molar-refractivity contribution in [2.45, 2.75) is 19.8 Å². The van der Waals surface area contributed by atoms with E-state index < -0.39 is 0 Å². The molecule has 3 aromatic rings. The summed E-state index contributed by atoms with van der Waals surface area (Å²) in [6.45, 7) is 1.95. The van der Waals surface area contributed by atoms with Crippen molar-refractivity contribution in [3.63, 3.8) is 0 Å². The molecule has 0 atom stereocenters. The highest BCUT2D eigenvalue weighted by Gasteiger charge is 2.05. The molecule has 3 heterocycles. The average Bonchev–Trinajstić information content (AvgIpc) is 3.04. The Balaban J connectivity index is 1.69. The minimum Gasteiger partial charge on any atom is -0.346 e. The molecule has 0 saturated heterocycles. The highest BCUT2D eigenvalue weighted by Crippen LogP contribution is 2.08. The Hall–Kier alpha value is -2.37. The molecule has 6 heteroatoms. The summed E-state index contributed by atoms with van der Waals surface area (Å²) in [5.74, 6) is 1.88. The standard InChI is InChI=1S/C12H14N6/c1-8-13-6-10(17-8)3-11-7-14-12(18-11)2-9-4-15-16-5-9/h4-7H,2-3H2,1H3,(H,13,17)(H,14,18)(H,15,16). The minimum absolute atomic E-state index is 0.762. The number of H-pyrrole nitrogens is 3. The Labute approximate surface area is 104 Å². The molecule has 18 heavy (non-hydrogen) atoms. The van der Waals surface area contributed by atoms with Crippen molar-refractivity contribution in [1.82, 2.24) is 30.1 Å². The number of aromatic amines is 3. The number of nitrogens with zero attached hydrogens (tertiary/aromatic N) is 3. The van der Waals surface area contributed by atoms with E-state index in [1.54, 1.807) is 6.20 Å². The van der Waals surface area contributed by atoms with Crippen LogP contribution in [0.4, 0.5) is 0 Å². The first-order valence-corrected chi connectivity index (χ1v) is 5.80. The summed E-state index contributed by atoms with van der Waals surface area (Å²) in [4.78, 5) is 15.1. The van der Waals surface area contributed by atoms with Gasteiger partial charge in [-0.1, -0.05) is 0 Å². The van der Waals surface area contributed by atoms with E-state index in [0.29, 0.717) is 0 Å². The highest BCUT2D eigenvalue weighted by molar-refractivity contribution is 5.16. The molecular weight excluding hydrogens is 228 g/mol. The van der Waals surface area contributed by atoms with Crippen LogP contribution in [0, 0.1) is 6.92 Å². The van der Waals surface area contributed by atoms with Gasteiger partial charge in [0.05, 0.1) is 6.20 Å². The average molecular weight is 242 g/mol. The second-order valence-electron chi connectivity index (χ2n) is 4.31. The fourth-order valence-electron chi connectivity index (χ4n) is 1.92. The summed E-state index contributed by atoms with van der Waals surface area (Å²) in [7, 11) is 0. The summed E-state index contributed by atoms with van der Waals surface area (Å²) in [5, 5.41) is 6.71. The lowest BCUT2D eigenvalue weighted by Crippen LogP contribution is -1.91. The third-order valence-electron chi connectivity index (χ3n) is 2.74. The Kier molecular flexibility index (Phi) is 2.68. The zero-order valence-electron chi connectivity index (χ0n) is 10.1. The van der Waals surface area contributed by atoms with Gasteiger partial charge < -0.3 is 9.97 Å². The van der Waals surface area contributed by atoms with E-state index in [0.717, 1.165) is 41.4 Å². The quantitative estimate of drug-likeness (QED) is 0.645. The van der Waals surface area contributed by atoms with E-state index in [1.807, 2.05) is 25.5 Å². The van der Waals surface area contributed by atoms with Gasteiger partial charge in [-0.05, 0) is 12.5 Å². The fourth-order valence-corrected chi connectivity index (χ4v) is 1.92. The number of rotatable bonds is 4. The van der Waals surface area contributed by atoms with E-state index in [2.05, 4.69) is 30.1 Å². The lowest BCUT2D eigenvalue weighted by molar-refractivity contribution is 0.986. The Morgan fingerprint density at radius 1 is 1.00 bits per heavy atom. The first-order valence-electron chi connectivity index (χ1n) is 5.80. The molecular formula is C12H14N6. The van der Waals surface area contributed by atoms with Gasteiger partial charge >= 0.3 is 0 Å². The van der Waals surface area contributed by atoms with E-state index in [9.17, 15) is 0 Å². The molecule has 3 aromatic heterocycles. The number of aryl methyl sites for hydroxylation is 1. The molecule has 0 fully saturated rings. The first-order chi connectivity index (χ1) is 8.79. The van der Waals surface area contributed by atoms with Gasteiger partial charge in [0.1, 0.15) is 11.6 Å². The molecule has 0 aliphatic rings. The van der Waals surface area contributed by atoms with Gasteiger partial charge in [-0.2, -0.15) is 5.10 Å². The van der Waals surface area contributed by atoms with Crippen molar-refractivity contribution in [1.29, 1.82) is 0 Å². The third kappa shape index (κ3) is 2.32. The minimum atomic E-state index is 0.762. The summed E-state index contributed by atoms with van der Waals surface area (Å²) in [5.41, 5.74) is 3.29. The van der Waals surface area contributed by atoms with Crippen LogP contribution in [0.1, 0.15) is 28.6 Å². The van der Waals surface area contributed by atoms with Gasteiger partial charge in [0.2, 0.25) is 0 Å². The van der Waals surface area contributed by atoms with Crippen LogP contribution in [-0.2, 0) is 12.8 Å². The molecule has 0 amide bonds. The monoisotopic (exact) mass is 242 g/mol. The molecule has 92 valence electrons. The van der Waals surface area contributed by atoms with Crippen LogP contribution in [0.5, 0.6) is 0 Å². The maximum atomic E-state index is 4.36. The molecule has 0 radical (unpaired) electrons. The van der Waals surface area contributed by atoms with Crippen LogP contribution in [0.25, 0.3) is 0 Å². The van der Waals surface area contributed by atoms with E-state index in [4.69, 9.17) is 0 Å². The van der Waals surface area contributed by atoms with Crippen LogP contribution in [0.2, 0.25) is 0 Å². The molecule has 0 aliphatic carbocycles. The van der Waals surface area contributed by atoms with E-state index >= 15 is 0 Å². The Bertz CT molecular complexity index is 619. The zero-order valence-corrected chi connectivity index (χ0v) is 10.1. The maximum Gasteiger partial charge on any atom is 0.110 e. The second-order valence-corrected chi connectivity index (χ2v) is 4.31. The number of aromatic nitrogens is 6. The molecule has 0 aromatic carbocycles. The predicted molar refractivity (Wildman–Crippen MR) is 66.1 cm³/mol. The van der Waals surface area contributed by atoms with Crippen LogP contribution in [0.15, 0.2) is 24.8 Å². The summed E-state index contributed by atoms with van der Waals surface area (Å²) in [6.07, 6.45) is 8.95. The zero-order chi connectivity index (χ0) is 12.4. The topological polar surface area (TPSA) is 86.0 Å². The van der Waals surface area contributed by atoms with Gasteiger partial charge in [-0.25, -0.2) is 9.97 Å². The number of nitrogens with one attached hydrogen (secondary N) is 3. The van der Waals surface area contributed by atoms with Crippen molar-refractivity contribution in [3.8, 4) is 0 Å². The lowest BCUT2D eigenvalue weighted by Gasteiger charge is -1.94. The smallest absolute Gasteiger partial charge is 0.110 e. The van der Waals surface area contributed by atoms with Crippen molar-refractivity contribution in [3.05, 3.63) is 53.4 Å². The molecule has 3 rings (SSSR count). The highest BCUT2D eigenvalue weighted by atomic mass is 15.1. The molecule has 0 bridgehead atoms. The number of hydrogen-bond donors (Lipinski definition) is 3. The molecule has 0 unspecified atom stereocenters. The molecule has 3 N–H and O–H groups in total. The maximum absolute atomic E-state index is 4.36. The van der Waals surface area contributed by atoms with Gasteiger partial charge in [0.25, 0.3) is 0 Å². The van der Waals surface area contributed by atoms with Gasteiger partial charge in [0, 0.05) is 42.8 Å². The van der Waals surface area contributed by atoms with Crippen molar-refractivity contribution in [2.75, 3.05) is 0 Å². The molecule has 0 spiro atoms. The van der Waals surface area contributed by atoms with Crippen LogP contribution in [0.3, 0.4) is 0 Å². The summed E-state index contributed by atoms with van der Waals surface area (Å²) in [6, 6.07) is 0. The predicted octanol–water partition coefficient (Wildman–Crippen LogP) is 1.35. The number of hydrogen-bond acceptors (Lipinski definition) is 3. The summed E-state index contributed by atoms with van der Waals surface area (Å²) < 4.78 is 0. The summed E-state index contributed by atoms with van der Waals surface area (Å²) >= 11 is 0. The Morgan fingerprint density at radius 3 is 2.56 bits per heavy atom. The SMILES string of the molecule is Cc1ncc(Cc2cnc(Cc3cn[nH]c3)[nH]2)[nH]1. The molecule has 0 aliphatic heterocycles. The third-order valence-corrected chi connectivity index (χ3v) is 2.74. The van der Waals surface area contributed by atoms with Crippen molar-refractivity contribution < 1.29 is 0 Å². The van der Waals surface area contributed by atoms with Crippen LogP contribution >= 0.6 is 0 Å². The van der Waals surface area contributed by atoms with Crippen molar-refractivity contribution in [2.24, 2.45) is 0 Å². The van der Waals surface area contributed by atoms with Gasteiger partial charge in [-0.3, -0.25) is 5.10 Å². The van der Waals surface area contributed by atoms with Gasteiger partial charge in [-0.15, -0.1) is 0 Å². The molecule has 6 nitrogen and oxygen atoms in total. The second kappa shape index (κ2) is 4.48. The molecule has 0 saturated carbocycles. The van der Waals surface area contributed by atoms with Crippen LogP contribution in [-0.4, -0.2) is 30.1 Å². The van der Waals surface area contributed by atoms with E-state index in [1.165, 1.54) is 0 Å². The number of imidazole rings is 2. The normalized spacial score (nSPS) is 10.9. The van der Waals surface area contributed by atoms with Gasteiger partial charge in [0.15, 0.2) is 0 Å². The Morgan fingerprint density at radius 2 is 1.83 bits per heavy atom. The lowest BCUT2D eigenvalue weighted by atomic mass is 10.2. The van der Waals surface area contributed by atoms with Crippen molar-refractivity contribution >= 4 is 0 Å². The first kappa shape index (κ1) is 10.8.